The number of para-hydroxylation sites is 1. The van der Waals surface area contributed by atoms with Gasteiger partial charge in [0.1, 0.15) is 11.8 Å². The SMILES string of the molecule is CCOc1ccccc1-c1nn(C[NH+]2CCc3sccc3[C@H]2C)c(=S)o1. The molecule has 1 aliphatic heterocycles. The second kappa shape index (κ2) is 7.34. The van der Waals surface area contributed by atoms with Crippen LogP contribution in [0.1, 0.15) is 30.3 Å². The van der Waals surface area contributed by atoms with Gasteiger partial charge in [-0.1, -0.05) is 12.1 Å². The van der Waals surface area contributed by atoms with Gasteiger partial charge >= 0.3 is 0 Å². The van der Waals surface area contributed by atoms with Crippen molar-refractivity contribution < 1.29 is 14.1 Å². The normalized spacial score (nSPS) is 19.3. The molecule has 1 aliphatic rings. The van der Waals surface area contributed by atoms with Crippen LogP contribution < -0.4 is 9.64 Å². The molecule has 2 atom stereocenters. The maximum absolute atomic E-state index is 5.79. The lowest BCUT2D eigenvalue weighted by atomic mass is 10.0. The number of quaternary nitrogens is 1. The van der Waals surface area contributed by atoms with Gasteiger partial charge in [0, 0.05) is 16.9 Å². The third kappa shape index (κ3) is 3.22. The van der Waals surface area contributed by atoms with Crippen molar-refractivity contribution in [2.75, 3.05) is 13.2 Å². The molecule has 5 nitrogen and oxygen atoms in total. The van der Waals surface area contributed by atoms with Crippen LogP contribution in [0.25, 0.3) is 11.5 Å². The van der Waals surface area contributed by atoms with Gasteiger partial charge in [0.2, 0.25) is 0 Å². The van der Waals surface area contributed by atoms with E-state index >= 15 is 0 Å². The number of hydrogen-bond acceptors (Lipinski definition) is 5. The standard InChI is InChI=1S/C19H21N3O2S2/c1-3-23-16-7-5-4-6-15(16)18-20-22(19(25)24-18)12-21-10-8-17-14(13(21)2)9-11-26-17/h4-7,9,11,13H,3,8,10,12H2,1-2H3/p+1/t13-/m1/s1. The zero-order chi connectivity index (χ0) is 18.1. The molecule has 136 valence electrons. The first-order chi connectivity index (χ1) is 12.7. The molecule has 3 heterocycles. The Kier molecular flexibility index (Phi) is 4.93. The van der Waals surface area contributed by atoms with E-state index < -0.39 is 0 Å². The maximum atomic E-state index is 5.79. The van der Waals surface area contributed by atoms with Crippen LogP contribution in [0.3, 0.4) is 0 Å². The summed E-state index contributed by atoms with van der Waals surface area (Å²) in [6, 6.07) is 10.4. The van der Waals surface area contributed by atoms with Crippen molar-refractivity contribution >= 4 is 23.6 Å². The molecule has 1 unspecified atom stereocenters. The summed E-state index contributed by atoms with van der Waals surface area (Å²) in [4.78, 5) is 3.36. The van der Waals surface area contributed by atoms with E-state index in [1.165, 1.54) is 15.3 Å². The minimum atomic E-state index is 0.405. The highest BCUT2D eigenvalue weighted by Crippen LogP contribution is 2.29. The molecule has 0 amide bonds. The van der Waals surface area contributed by atoms with Gasteiger partial charge in [0.25, 0.3) is 10.7 Å². The molecule has 0 spiro atoms. The fourth-order valence-corrected chi connectivity index (χ4v) is 4.66. The topological polar surface area (TPSA) is 44.6 Å². The second-order valence-corrected chi connectivity index (χ2v) is 7.79. The Morgan fingerprint density at radius 2 is 2.23 bits per heavy atom. The van der Waals surface area contributed by atoms with Crippen molar-refractivity contribution in [1.82, 2.24) is 9.78 Å². The molecule has 0 radical (unpaired) electrons. The number of benzene rings is 1. The van der Waals surface area contributed by atoms with Gasteiger partial charge in [0.15, 0.2) is 6.67 Å². The van der Waals surface area contributed by atoms with Crippen LogP contribution in [0.2, 0.25) is 0 Å². The Bertz CT molecular complexity index is 960. The van der Waals surface area contributed by atoms with Gasteiger partial charge in [-0.05, 0) is 49.6 Å². The van der Waals surface area contributed by atoms with Crippen LogP contribution in [0, 0.1) is 4.84 Å². The summed E-state index contributed by atoms with van der Waals surface area (Å²) >= 11 is 7.29. The van der Waals surface area contributed by atoms with E-state index in [4.69, 9.17) is 21.4 Å². The highest BCUT2D eigenvalue weighted by Gasteiger charge is 2.29. The number of aromatic nitrogens is 2. The molecule has 3 aromatic rings. The molecule has 0 fully saturated rings. The van der Waals surface area contributed by atoms with Crippen LogP contribution in [-0.2, 0) is 13.1 Å². The third-order valence-corrected chi connectivity index (χ3v) is 6.20. The Labute approximate surface area is 161 Å². The molecule has 1 N–H and O–H groups in total. The van der Waals surface area contributed by atoms with Gasteiger partial charge in [-0.25, -0.2) is 0 Å². The molecule has 2 aromatic heterocycles. The number of nitrogens with one attached hydrogen (secondary N) is 1. The Morgan fingerprint density at radius 3 is 3.08 bits per heavy atom. The van der Waals surface area contributed by atoms with E-state index in [1.54, 1.807) is 4.68 Å². The molecular formula is C19H22N3O2S2+. The second-order valence-electron chi connectivity index (χ2n) is 6.44. The Balaban J connectivity index is 1.59. The van der Waals surface area contributed by atoms with Crippen molar-refractivity contribution in [3.05, 3.63) is 51.0 Å². The summed E-state index contributed by atoms with van der Waals surface area (Å²) in [5, 5.41) is 6.83. The lowest BCUT2D eigenvalue weighted by Crippen LogP contribution is -3.12. The molecule has 0 saturated carbocycles. The lowest BCUT2D eigenvalue weighted by molar-refractivity contribution is -0.954. The van der Waals surface area contributed by atoms with Crippen LogP contribution in [0.4, 0.5) is 0 Å². The number of hydrogen-bond donors (Lipinski definition) is 1. The average Bonchev–Trinajstić information content (AvgIpc) is 3.26. The number of thiophene rings is 1. The Hall–Kier alpha value is -1.96. The highest BCUT2D eigenvalue weighted by atomic mass is 32.1. The fraction of sp³-hybridized carbons (Fsp3) is 0.368. The molecule has 26 heavy (non-hydrogen) atoms. The van der Waals surface area contributed by atoms with E-state index in [-0.39, 0.29) is 0 Å². The van der Waals surface area contributed by atoms with E-state index in [9.17, 15) is 0 Å². The summed E-state index contributed by atoms with van der Waals surface area (Å²) < 4.78 is 13.3. The molecule has 1 aromatic carbocycles. The quantitative estimate of drug-likeness (QED) is 0.680. The molecular weight excluding hydrogens is 366 g/mol. The monoisotopic (exact) mass is 388 g/mol. The van der Waals surface area contributed by atoms with E-state index in [0.717, 1.165) is 24.3 Å². The summed E-state index contributed by atoms with van der Waals surface area (Å²) in [5.74, 6) is 1.28. The minimum absolute atomic E-state index is 0.405. The average molecular weight is 389 g/mol. The number of rotatable bonds is 5. The van der Waals surface area contributed by atoms with Gasteiger partial charge in [-0.15, -0.1) is 16.4 Å². The molecule has 0 saturated heterocycles. The highest BCUT2D eigenvalue weighted by molar-refractivity contribution is 7.71. The van der Waals surface area contributed by atoms with Gasteiger partial charge in [0.05, 0.1) is 18.7 Å². The fourth-order valence-electron chi connectivity index (χ4n) is 3.50. The maximum Gasteiger partial charge on any atom is 0.292 e. The predicted octanol–water partition coefficient (Wildman–Crippen LogP) is 3.49. The zero-order valence-electron chi connectivity index (χ0n) is 14.9. The van der Waals surface area contributed by atoms with E-state index in [2.05, 4.69) is 23.5 Å². The zero-order valence-corrected chi connectivity index (χ0v) is 16.5. The van der Waals surface area contributed by atoms with E-state index in [0.29, 0.717) is 30.0 Å². The van der Waals surface area contributed by atoms with Crippen molar-refractivity contribution in [3.63, 3.8) is 0 Å². The first-order valence-corrected chi connectivity index (χ1v) is 10.2. The van der Waals surface area contributed by atoms with E-state index in [1.807, 2.05) is 42.5 Å². The van der Waals surface area contributed by atoms with Crippen LogP contribution in [0.5, 0.6) is 5.75 Å². The third-order valence-electron chi connectivity index (χ3n) is 4.91. The summed E-state index contributed by atoms with van der Waals surface area (Å²) in [5.41, 5.74) is 2.29. The molecule has 0 aliphatic carbocycles. The summed E-state index contributed by atoms with van der Waals surface area (Å²) in [6.07, 6.45) is 1.11. The molecule has 0 bridgehead atoms. The van der Waals surface area contributed by atoms with Crippen molar-refractivity contribution in [1.29, 1.82) is 0 Å². The van der Waals surface area contributed by atoms with Crippen molar-refractivity contribution in [2.24, 2.45) is 0 Å². The number of ether oxygens (including phenoxy) is 1. The first kappa shape index (κ1) is 17.5. The van der Waals surface area contributed by atoms with Crippen molar-refractivity contribution in [2.45, 2.75) is 33.0 Å². The van der Waals surface area contributed by atoms with Gasteiger partial charge < -0.3 is 14.1 Å². The van der Waals surface area contributed by atoms with Gasteiger partial charge in [-0.3, -0.25) is 0 Å². The smallest absolute Gasteiger partial charge is 0.292 e. The minimum Gasteiger partial charge on any atom is -0.493 e. The molecule has 7 heteroatoms. The summed E-state index contributed by atoms with van der Waals surface area (Å²) in [7, 11) is 0. The predicted molar refractivity (Wildman–Crippen MR) is 104 cm³/mol. The number of nitrogens with zero attached hydrogens (tertiary/aromatic N) is 2. The first-order valence-electron chi connectivity index (χ1n) is 8.88. The summed E-state index contributed by atoms with van der Waals surface area (Å²) in [6.45, 7) is 6.61. The van der Waals surface area contributed by atoms with Crippen LogP contribution in [-0.4, -0.2) is 22.9 Å². The van der Waals surface area contributed by atoms with Crippen LogP contribution >= 0.6 is 23.6 Å². The van der Waals surface area contributed by atoms with Crippen molar-refractivity contribution in [3.8, 4) is 17.2 Å². The van der Waals surface area contributed by atoms with Gasteiger partial charge in [-0.2, -0.15) is 4.68 Å². The lowest BCUT2D eigenvalue weighted by Gasteiger charge is -2.29. The Morgan fingerprint density at radius 1 is 1.38 bits per heavy atom. The van der Waals surface area contributed by atoms with Crippen LogP contribution in [0.15, 0.2) is 40.1 Å². The number of fused-ring (bicyclic) bond motifs is 1. The largest absolute Gasteiger partial charge is 0.493 e. The molecule has 4 rings (SSSR count).